The molecule has 0 spiro atoms. The van der Waals surface area contributed by atoms with Gasteiger partial charge in [0.05, 0.1) is 5.56 Å². The summed E-state index contributed by atoms with van der Waals surface area (Å²) >= 11 is 1.88. The molecule has 0 saturated heterocycles. The number of amides is 1. The van der Waals surface area contributed by atoms with E-state index in [0.717, 1.165) is 0 Å². The molecule has 0 bridgehead atoms. The number of benzene rings is 1. The van der Waals surface area contributed by atoms with Crippen molar-refractivity contribution in [1.29, 1.82) is 0 Å². The molecule has 1 heterocycles. The van der Waals surface area contributed by atoms with E-state index in [1.54, 1.807) is 6.92 Å². The lowest BCUT2D eigenvalue weighted by molar-refractivity contribution is 0.102. The Balaban J connectivity index is 2.20. The van der Waals surface area contributed by atoms with E-state index in [4.69, 9.17) is 4.42 Å². The van der Waals surface area contributed by atoms with Crippen molar-refractivity contribution in [1.82, 2.24) is 10.2 Å². The predicted octanol–water partition coefficient (Wildman–Crippen LogP) is 2.37. The van der Waals surface area contributed by atoms with E-state index >= 15 is 0 Å². The Bertz CT molecular complexity index is 570. The van der Waals surface area contributed by atoms with Gasteiger partial charge in [0.2, 0.25) is 5.89 Å². The molecule has 1 amide bonds. The quantitative estimate of drug-likeness (QED) is 0.847. The van der Waals surface area contributed by atoms with E-state index in [0.29, 0.717) is 15.0 Å². The summed E-state index contributed by atoms with van der Waals surface area (Å²) in [6.07, 6.45) is 0. The standard InChI is InChI=1S/C10H7FIN3O2/c1-5-14-15-10(17-5)13-9(16)7-3-2-6(11)4-8(7)12/h2-4H,1H3,(H,13,15,16). The first-order chi connectivity index (χ1) is 8.06. The van der Waals surface area contributed by atoms with Crippen LogP contribution in [0, 0.1) is 16.3 Å². The molecule has 17 heavy (non-hydrogen) atoms. The van der Waals surface area contributed by atoms with E-state index < -0.39 is 5.91 Å². The highest BCUT2D eigenvalue weighted by atomic mass is 127. The Morgan fingerprint density at radius 1 is 1.47 bits per heavy atom. The highest BCUT2D eigenvalue weighted by Crippen LogP contribution is 2.15. The van der Waals surface area contributed by atoms with E-state index in [2.05, 4.69) is 15.5 Å². The van der Waals surface area contributed by atoms with Crippen LogP contribution in [0.25, 0.3) is 0 Å². The summed E-state index contributed by atoms with van der Waals surface area (Å²) in [5.74, 6) is -0.452. The van der Waals surface area contributed by atoms with Gasteiger partial charge in [0.25, 0.3) is 5.91 Å². The number of carbonyl (C=O) groups excluding carboxylic acids is 1. The lowest BCUT2D eigenvalue weighted by Gasteiger charge is -2.03. The number of rotatable bonds is 2. The third-order valence-electron chi connectivity index (χ3n) is 1.92. The smallest absolute Gasteiger partial charge is 0.322 e. The third-order valence-corrected chi connectivity index (χ3v) is 2.81. The second-order valence-electron chi connectivity index (χ2n) is 3.20. The van der Waals surface area contributed by atoms with Crippen molar-refractivity contribution < 1.29 is 13.6 Å². The summed E-state index contributed by atoms with van der Waals surface area (Å²) in [4.78, 5) is 11.8. The molecule has 0 aliphatic carbocycles. The second-order valence-corrected chi connectivity index (χ2v) is 4.37. The van der Waals surface area contributed by atoms with Crippen molar-refractivity contribution in [3.63, 3.8) is 0 Å². The minimum Gasteiger partial charge on any atom is -0.408 e. The minimum atomic E-state index is -0.418. The predicted molar refractivity (Wildman–Crippen MR) is 66.1 cm³/mol. The number of nitrogens with zero attached hydrogens (tertiary/aromatic N) is 2. The monoisotopic (exact) mass is 347 g/mol. The number of hydrogen-bond donors (Lipinski definition) is 1. The molecule has 0 aliphatic rings. The zero-order chi connectivity index (χ0) is 12.4. The van der Waals surface area contributed by atoms with Crippen LogP contribution in [0.5, 0.6) is 0 Å². The third kappa shape index (κ3) is 2.78. The highest BCUT2D eigenvalue weighted by Gasteiger charge is 2.13. The van der Waals surface area contributed by atoms with Gasteiger partial charge in [-0.05, 0) is 40.8 Å². The summed E-state index contributed by atoms with van der Waals surface area (Å²) < 4.78 is 18.4. The Hall–Kier alpha value is -1.51. The van der Waals surface area contributed by atoms with E-state index in [1.807, 2.05) is 22.6 Å². The number of aryl methyl sites for hydroxylation is 1. The van der Waals surface area contributed by atoms with Gasteiger partial charge in [-0.2, -0.15) is 0 Å². The second kappa shape index (κ2) is 4.78. The molecule has 0 fully saturated rings. The number of hydrogen-bond acceptors (Lipinski definition) is 4. The van der Waals surface area contributed by atoms with Gasteiger partial charge in [-0.25, -0.2) is 4.39 Å². The van der Waals surface area contributed by atoms with Crippen LogP contribution in [0.2, 0.25) is 0 Å². The van der Waals surface area contributed by atoms with Crippen molar-refractivity contribution in [3.8, 4) is 0 Å². The van der Waals surface area contributed by atoms with Crippen LogP contribution in [0.4, 0.5) is 10.4 Å². The SMILES string of the molecule is Cc1nnc(NC(=O)c2ccc(F)cc2I)o1. The molecular weight excluding hydrogens is 340 g/mol. The lowest BCUT2D eigenvalue weighted by Crippen LogP contribution is -2.13. The maximum absolute atomic E-state index is 12.9. The summed E-state index contributed by atoms with van der Waals surface area (Å²) in [6, 6.07) is 3.91. The average Bonchev–Trinajstić information content (AvgIpc) is 2.63. The van der Waals surface area contributed by atoms with Crippen molar-refractivity contribution in [2.75, 3.05) is 5.32 Å². The van der Waals surface area contributed by atoms with Gasteiger partial charge >= 0.3 is 6.01 Å². The molecule has 0 saturated carbocycles. The molecular formula is C10H7FIN3O2. The Morgan fingerprint density at radius 3 is 2.82 bits per heavy atom. The number of halogens is 2. The summed E-state index contributed by atoms with van der Waals surface area (Å²) in [7, 11) is 0. The molecule has 0 atom stereocenters. The molecule has 1 aromatic carbocycles. The van der Waals surface area contributed by atoms with Gasteiger partial charge in [0.1, 0.15) is 5.82 Å². The fraction of sp³-hybridized carbons (Fsp3) is 0.100. The number of nitrogens with one attached hydrogen (secondary N) is 1. The van der Waals surface area contributed by atoms with Crippen molar-refractivity contribution in [3.05, 3.63) is 39.0 Å². The maximum atomic E-state index is 12.9. The van der Waals surface area contributed by atoms with Crippen LogP contribution in [-0.4, -0.2) is 16.1 Å². The molecule has 2 aromatic rings. The molecule has 0 radical (unpaired) electrons. The van der Waals surface area contributed by atoms with Crippen LogP contribution in [0.3, 0.4) is 0 Å². The topological polar surface area (TPSA) is 68.0 Å². The van der Waals surface area contributed by atoms with E-state index in [-0.39, 0.29) is 11.8 Å². The Kier molecular flexibility index (Phi) is 3.36. The van der Waals surface area contributed by atoms with Gasteiger partial charge < -0.3 is 4.42 Å². The number of anilines is 1. The molecule has 7 heteroatoms. The first kappa shape index (κ1) is 12.0. The van der Waals surface area contributed by atoms with Gasteiger partial charge in [-0.3, -0.25) is 10.1 Å². The van der Waals surface area contributed by atoms with Crippen LogP contribution >= 0.6 is 22.6 Å². The summed E-state index contributed by atoms with van der Waals surface area (Å²) in [5.41, 5.74) is 0.350. The molecule has 1 N–H and O–H groups in total. The molecule has 5 nitrogen and oxygen atoms in total. The fourth-order valence-electron chi connectivity index (χ4n) is 1.19. The fourth-order valence-corrected chi connectivity index (χ4v) is 1.91. The van der Waals surface area contributed by atoms with E-state index in [1.165, 1.54) is 18.2 Å². The molecule has 0 aliphatic heterocycles. The van der Waals surface area contributed by atoms with Crippen molar-refractivity contribution >= 4 is 34.5 Å². The van der Waals surface area contributed by atoms with Crippen molar-refractivity contribution in [2.24, 2.45) is 0 Å². The van der Waals surface area contributed by atoms with Crippen LogP contribution in [0.15, 0.2) is 22.6 Å². The molecule has 88 valence electrons. The summed E-state index contributed by atoms with van der Waals surface area (Å²) in [5, 5.41) is 9.64. The van der Waals surface area contributed by atoms with Crippen LogP contribution in [-0.2, 0) is 0 Å². The number of carbonyl (C=O) groups is 1. The maximum Gasteiger partial charge on any atom is 0.322 e. The minimum absolute atomic E-state index is 0.0209. The normalized spacial score (nSPS) is 10.3. The average molecular weight is 347 g/mol. The molecule has 1 aromatic heterocycles. The first-order valence-electron chi connectivity index (χ1n) is 4.63. The van der Waals surface area contributed by atoms with Gasteiger partial charge in [-0.15, -0.1) is 5.10 Å². The van der Waals surface area contributed by atoms with Crippen LogP contribution < -0.4 is 5.32 Å². The van der Waals surface area contributed by atoms with Crippen molar-refractivity contribution in [2.45, 2.75) is 6.92 Å². The zero-order valence-electron chi connectivity index (χ0n) is 8.70. The van der Waals surface area contributed by atoms with E-state index in [9.17, 15) is 9.18 Å². The Morgan fingerprint density at radius 2 is 2.24 bits per heavy atom. The molecule has 0 unspecified atom stereocenters. The number of aromatic nitrogens is 2. The first-order valence-corrected chi connectivity index (χ1v) is 5.70. The van der Waals surface area contributed by atoms with Crippen LogP contribution in [0.1, 0.15) is 16.2 Å². The largest absolute Gasteiger partial charge is 0.408 e. The highest BCUT2D eigenvalue weighted by molar-refractivity contribution is 14.1. The summed E-state index contributed by atoms with van der Waals surface area (Å²) in [6.45, 7) is 1.62. The van der Waals surface area contributed by atoms with Gasteiger partial charge in [-0.1, -0.05) is 5.10 Å². The van der Waals surface area contributed by atoms with Gasteiger partial charge in [0.15, 0.2) is 0 Å². The lowest BCUT2D eigenvalue weighted by atomic mass is 10.2. The molecule has 2 rings (SSSR count). The zero-order valence-corrected chi connectivity index (χ0v) is 10.9. The van der Waals surface area contributed by atoms with Gasteiger partial charge in [0, 0.05) is 10.5 Å². The Labute approximate surface area is 110 Å².